The summed E-state index contributed by atoms with van der Waals surface area (Å²) >= 11 is 1.49. The van der Waals surface area contributed by atoms with Gasteiger partial charge in [-0.25, -0.2) is 9.78 Å². The van der Waals surface area contributed by atoms with Gasteiger partial charge in [0.05, 0.1) is 28.5 Å². The Kier molecular flexibility index (Phi) is 4.55. The van der Waals surface area contributed by atoms with E-state index in [9.17, 15) is 4.79 Å². The maximum atomic E-state index is 12.7. The van der Waals surface area contributed by atoms with E-state index in [4.69, 9.17) is 4.42 Å². The third kappa shape index (κ3) is 3.35. The number of rotatable bonds is 5. The number of nitrogens with one attached hydrogen (secondary N) is 1. The van der Waals surface area contributed by atoms with Crippen molar-refractivity contribution >= 4 is 38.2 Å². The Morgan fingerprint density at radius 1 is 1.17 bits per heavy atom. The van der Waals surface area contributed by atoms with Crippen LogP contribution in [-0.2, 0) is 6.54 Å². The Balaban J connectivity index is 1.55. The number of hydrogen-bond acceptors (Lipinski definition) is 7. The van der Waals surface area contributed by atoms with Crippen molar-refractivity contribution in [3.05, 3.63) is 70.8 Å². The lowest BCUT2D eigenvalue weighted by Crippen LogP contribution is -2.30. The molecule has 2 aromatic carbocycles. The summed E-state index contributed by atoms with van der Waals surface area (Å²) in [5.41, 5.74) is 3.33. The van der Waals surface area contributed by atoms with E-state index < -0.39 is 0 Å². The zero-order valence-electron chi connectivity index (χ0n) is 16.5. The van der Waals surface area contributed by atoms with Crippen LogP contribution in [0.4, 0.5) is 5.69 Å². The average Bonchev–Trinajstić information content (AvgIpc) is 3.40. The summed E-state index contributed by atoms with van der Waals surface area (Å²) in [6, 6.07) is 15.9. The number of aromatic nitrogens is 4. The number of H-pyrrole nitrogens is 1. The van der Waals surface area contributed by atoms with Crippen LogP contribution in [0.25, 0.3) is 31.8 Å². The molecule has 150 valence electrons. The first-order valence-corrected chi connectivity index (χ1v) is 10.5. The number of anilines is 1. The highest BCUT2D eigenvalue weighted by Gasteiger charge is 2.16. The predicted octanol–water partition coefficient (Wildman–Crippen LogP) is 4.60. The fraction of sp³-hybridized carbons (Fsp3) is 0.182. The van der Waals surface area contributed by atoms with Gasteiger partial charge in [-0.2, -0.15) is 15.4 Å². The first-order valence-electron chi connectivity index (χ1n) is 9.63. The van der Waals surface area contributed by atoms with Crippen LogP contribution < -0.4 is 10.5 Å². The quantitative estimate of drug-likeness (QED) is 0.421. The van der Waals surface area contributed by atoms with Crippen LogP contribution in [0, 0.1) is 0 Å². The highest BCUT2D eigenvalue weighted by atomic mass is 32.1. The number of hydrogen-bond donors (Lipinski definition) is 1. The summed E-state index contributed by atoms with van der Waals surface area (Å²) in [6.07, 6.45) is 1.71. The lowest BCUT2D eigenvalue weighted by atomic mass is 10.1. The zero-order valence-corrected chi connectivity index (χ0v) is 17.3. The van der Waals surface area contributed by atoms with Gasteiger partial charge in [-0.05, 0) is 44.2 Å². The normalized spacial score (nSPS) is 11.6. The van der Waals surface area contributed by atoms with Crippen LogP contribution in [0.2, 0.25) is 0 Å². The molecule has 0 spiro atoms. The van der Waals surface area contributed by atoms with Gasteiger partial charge < -0.3 is 9.32 Å². The highest BCUT2D eigenvalue weighted by molar-refractivity contribution is 7.21. The molecule has 0 radical (unpaired) electrons. The summed E-state index contributed by atoms with van der Waals surface area (Å²) in [4.78, 5) is 19.5. The van der Waals surface area contributed by atoms with Gasteiger partial charge in [0.2, 0.25) is 0 Å². The van der Waals surface area contributed by atoms with Gasteiger partial charge in [0, 0.05) is 23.2 Å². The lowest BCUT2D eigenvalue weighted by molar-refractivity contribution is 0.563. The summed E-state index contributed by atoms with van der Waals surface area (Å²) < 4.78 is 6.74. The third-order valence-electron chi connectivity index (χ3n) is 5.00. The average molecular weight is 417 g/mol. The molecule has 5 aromatic rings. The standard InChI is InChI=1S/C22H19N5O2S/c1-13(2)27(12-15-11-23-26-25-15)16-8-7-14-9-17(22(28)29-19(14)10-16)21-24-18-5-3-4-6-20(18)30-21/h3-11,13H,12H2,1-2H3,(H,23,25,26). The number of benzene rings is 2. The van der Waals surface area contributed by atoms with Gasteiger partial charge in [-0.3, -0.25) is 0 Å². The molecule has 0 fully saturated rings. The van der Waals surface area contributed by atoms with Crippen LogP contribution >= 0.6 is 11.3 Å². The molecular formula is C22H19N5O2S. The maximum absolute atomic E-state index is 12.7. The number of nitrogens with zero attached hydrogens (tertiary/aromatic N) is 4. The van der Waals surface area contributed by atoms with Crippen LogP contribution in [0.5, 0.6) is 0 Å². The molecule has 3 aromatic heterocycles. The molecule has 0 bridgehead atoms. The molecular weight excluding hydrogens is 398 g/mol. The molecule has 0 atom stereocenters. The molecule has 5 rings (SSSR count). The van der Waals surface area contributed by atoms with E-state index in [1.165, 1.54) is 11.3 Å². The Morgan fingerprint density at radius 3 is 2.80 bits per heavy atom. The summed E-state index contributed by atoms with van der Waals surface area (Å²) in [6.45, 7) is 4.82. The molecule has 0 aliphatic heterocycles. The Morgan fingerprint density at radius 2 is 2.03 bits per heavy atom. The molecule has 0 aliphatic rings. The summed E-state index contributed by atoms with van der Waals surface area (Å²) in [7, 11) is 0. The second kappa shape index (κ2) is 7.38. The number of aromatic amines is 1. The monoisotopic (exact) mass is 417 g/mol. The van der Waals surface area contributed by atoms with Crippen LogP contribution in [-0.4, -0.2) is 26.4 Å². The van der Waals surface area contributed by atoms with Crippen molar-refractivity contribution in [2.45, 2.75) is 26.4 Å². The molecule has 30 heavy (non-hydrogen) atoms. The summed E-state index contributed by atoms with van der Waals surface area (Å²) in [5, 5.41) is 12.2. The third-order valence-corrected chi connectivity index (χ3v) is 6.07. The Bertz CT molecular complexity index is 1350. The minimum absolute atomic E-state index is 0.230. The molecule has 7 nitrogen and oxygen atoms in total. The number of para-hydroxylation sites is 1. The minimum atomic E-state index is -0.383. The van der Waals surface area contributed by atoms with Gasteiger partial charge in [0.25, 0.3) is 0 Å². The van der Waals surface area contributed by atoms with E-state index in [0.717, 1.165) is 27.0 Å². The Hall–Kier alpha value is -3.52. The topological polar surface area (TPSA) is 87.9 Å². The SMILES string of the molecule is CC(C)N(Cc1cn[nH]n1)c1ccc2cc(-c3nc4ccccc4s3)c(=O)oc2c1. The smallest absolute Gasteiger partial charge is 0.346 e. The van der Waals surface area contributed by atoms with Crippen molar-refractivity contribution in [2.24, 2.45) is 0 Å². The van der Waals surface area contributed by atoms with Crippen molar-refractivity contribution in [3.8, 4) is 10.6 Å². The first kappa shape index (κ1) is 18.5. The van der Waals surface area contributed by atoms with Crippen molar-refractivity contribution in [1.29, 1.82) is 0 Å². The van der Waals surface area contributed by atoms with Crippen molar-refractivity contribution in [3.63, 3.8) is 0 Å². The van der Waals surface area contributed by atoms with Crippen molar-refractivity contribution in [2.75, 3.05) is 4.90 Å². The van der Waals surface area contributed by atoms with Gasteiger partial charge in [-0.15, -0.1) is 11.3 Å². The first-order chi connectivity index (χ1) is 14.6. The van der Waals surface area contributed by atoms with Gasteiger partial charge >= 0.3 is 5.63 Å². The molecule has 0 aliphatic carbocycles. The van der Waals surface area contributed by atoms with Gasteiger partial charge in [0.1, 0.15) is 16.3 Å². The maximum Gasteiger partial charge on any atom is 0.346 e. The van der Waals surface area contributed by atoms with E-state index in [-0.39, 0.29) is 11.7 Å². The molecule has 0 saturated heterocycles. The molecule has 0 amide bonds. The van der Waals surface area contributed by atoms with Gasteiger partial charge in [-0.1, -0.05) is 12.1 Å². The van der Waals surface area contributed by atoms with Gasteiger partial charge in [0.15, 0.2) is 0 Å². The second-order valence-electron chi connectivity index (χ2n) is 7.34. The van der Waals surface area contributed by atoms with Crippen molar-refractivity contribution < 1.29 is 4.42 Å². The number of fused-ring (bicyclic) bond motifs is 2. The van der Waals surface area contributed by atoms with Crippen LogP contribution in [0.15, 0.2) is 63.9 Å². The minimum Gasteiger partial charge on any atom is -0.422 e. The molecule has 0 unspecified atom stereocenters. The molecule has 0 saturated carbocycles. The number of thiazole rings is 1. The van der Waals surface area contributed by atoms with Crippen LogP contribution in [0.3, 0.4) is 0 Å². The Labute approximate surface area is 176 Å². The fourth-order valence-electron chi connectivity index (χ4n) is 3.46. The molecule has 8 heteroatoms. The van der Waals surface area contributed by atoms with E-state index in [2.05, 4.69) is 39.1 Å². The second-order valence-corrected chi connectivity index (χ2v) is 8.37. The van der Waals surface area contributed by atoms with E-state index in [1.54, 1.807) is 6.20 Å². The zero-order chi connectivity index (χ0) is 20.7. The van der Waals surface area contributed by atoms with Crippen molar-refractivity contribution in [1.82, 2.24) is 20.4 Å². The lowest BCUT2D eigenvalue weighted by Gasteiger charge is -2.28. The summed E-state index contributed by atoms with van der Waals surface area (Å²) in [5.74, 6) is 0. The fourth-order valence-corrected chi connectivity index (χ4v) is 4.43. The molecule has 1 N–H and O–H groups in total. The highest BCUT2D eigenvalue weighted by Crippen LogP contribution is 2.31. The van der Waals surface area contributed by atoms with E-state index >= 15 is 0 Å². The van der Waals surface area contributed by atoms with Crippen LogP contribution in [0.1, 0.15) is 19.5 Å². The molecule has 3 heterocycles. The van der Waals surface area contributed by atoms with E-state index in [1.807, 2.05) is 48.5 Å². The largest absolute Gasteiger partial charge is 0.422 e. The van der Waals surface area contributed by atoms with E-state index in [0.29, 0.717) is 22.7 Å². The predicted molar refractivity (Wildman–Crippen MR) is 119 cm³/mol.